The quantitative estimate of drug-likeness (QED) is 0.704. The zero-order valence-electron chi connectivity index (χ0n) is 20.1. The molecule has 2 saturated heterocycles. The number of piperidine rings is 1. The lowest BCUT2D eigenvalue weighted by atomic mass is 9.43. The summed E-state index contributed by atoms with van der Waals surface area (Å²) in [6.45, 7) is 1.93. The first-order valence-electron chi connectivity index (χ1n) is 13.6. The number of amides is 1. The van der Waals surface area contributed by atoms with Gasteiger partial charge in [-0.25, -0.2) is 0 Å². The van der Waals surface area contributed by atoms with Crippen LogP contribution in [0.5, 0.6) is 5.75 Å². The van der Waals surface area contributed by atoms with Crippen molar-refractivity contribution >= 4 is 5.91 Å². The van der Waals surface area contributed by atoms with Crippen molar-refractivity contribution in [2.75, 3.05) is 13.1 Å². The van der Waals surface area contributed by atoms with Crippen molar-refractivity contribution < 1.29 is 9.90 Å². The van der Waals surface area contributed by atoms with Crippen LogP contribution in [0.3, 0.4) is 0 Å². The van der Waals surface area contributed by atoms with Gasteiger partial charge in [0.15, 0.2) is 0 Å². The Morgan fingerprint density at radius 3 is 2.80 bits per heavy atom. The number of likely N-dealkylation sites (tertiary alicyclic amines) is 2. The van der Waals surface area contributed by atoms with Gasteiger partial charge in [-0.2, -0.15) is 0 Å². The van der Waals surface area contributed by atoms with E-state index in [-0.39, 0.29) is 28.3 Å². The number of fused-ring (bicyclic) bond motifs is 1. The molecule has 5 fully saturated rings. The first-order valence-corrected chi connectivity index (χ1v) is 13.6. The third kappa shape index (κ3) is 2.40. The Morgan fingerprint density at radius 2 is 2.00 bits per heavy atom. The number of carbonyl (C=O) groups is 1. The molecule has 35 heavy (non-hydrogen) atoms. The van der Waals surface area contributed by atoms with Crippen LogP contribution in [0.25, 0.3) is 0 Å². The van der Waals surface area contributed by atoms with Gasteiger partial charge >= 0.3 is 0 Å². The zero-order chi connectivity index (χ0) is 23.5. The minimum Gasteiger partial charge on any atom is -0.508 e. The third-order valence-corrected chi connectivity index (χ3v) is 11.3. The van der Waals surface area contributed by atoms with Crippen LogP contribution in [-0.4, -0.2) is 57.0 Å². The second kappa shape index (κ2) is 6.78. The lowest BCUT2D eigenvalue weighted by Crippen LogP contribution is -2.71. The van der Waals surface area contributed by atoms with Crippen molar-refractivity contribution in [3.8, 4) is 5.75 Å². The summed E-state index contributed by atoms with van der Waals surface area (Å²) in [6.07, 6.45) is 9.68. The number of rotatable bonds is 2. The van der Waals surface area contributed by atoms with Gasteiger partial charge in [0.2, 0.25) is 5.56 Å². The molecule has 0 radical (unpaired) electrons. The molecule has 6 heteroatoms. The summed E-state index contributed by atoms with van der Waals surface area (Å²) in [6, 6.07) is 12.6. The smallest absolute Gasteiger partial charge is 0.270 e. The fourth-order valence-corrected chi connectivity index (χ4v) is 10.2. The first-order chi connectivity index (χ1) is 17.0. The number of phenols is 1. The third-order valence-electron chi connectivity index (χ3n) is 11.3. The van der Waals surface area contributed by atoms with Gasteiger partial charge in [0.25, 0.3) is 5.91 Å². The van der Waals surface area contributed by atoms with Gasteiger partial charge in [0, 0.05) is 36.2 Å². The second-order valence-corrected chi connectivity index (χ2v) is 12.2. The molecule has 2 aliphatic heterocycles. The van der Waals surface area contributed by atoms with Crippen molar-refractivity contribution in [3.63, 3.8) is 0 Å². The second-order valence-electron chi connectivity index (χ2n) is 12.2. The van der Waals surface area contributed by atoms with Crippen LogP contribution in [0.2, 0.25) is 0 Å². The van der Waals surface area contributed by atoms with Crippen molar-refractivity contribution in [2.24, 2.45) is 17.3 Å². The maximum Gasteiger partial charge on any atom is 0.270 e. The summed E-state index contributed by atoms with van der Waals surface area (Å²) in [5.74, 6) is 1.27. The van der Waals surface area contributed by atoms with Crippen LogP contribution < -0.4 is 5.56 Å². The molecule has 1 aromatic carbocycles. The number of aromatic nitrogens is 1. The van der Waals surface area contributed by atoms with Crippen LogP contribution in [-0.2, 0) is 11.8 Å². The number of nitrogens with zero attached hydrogens (tertiary/aromatic N) is 2. The molecule has 6 nitrogen and oxygen atoms in total. The highest BCUT2D eigenvalue weighted by atomic mass is 16.3. The monoisotopic (exact) mass is 471 g/mol. The van der Waals surface area contributed by atoms with E-state index in [1.165, 1.54) is 42.9 Å². The first kappa shape index (κ1) is 20.6. The largest absolute Gasteiger partial charge is 0.508 e. The Kier molecular flexibility index (Phi) is 3.99. The molecule has 1 amide bonds. The van der Waals surface area contributed by atoms with Crippen molar-refractivity contribution in [1.29, 1.82) is 0 Å². The molecule has 182 valence electrons. The van der Waals surface area contributed by atoms with E-state index in [1.54, 1.807) is 12.1 Å². The molecule has 1 aromatic heterocycles. The lowest BCUT2D eigenvalue weighted by Gasteiger charge is -2.68. The van der Waals surface area contributed by atoms with E-state index >= 15 is 0 Å². The van der Waals surface area contributed by atoms with E-state index in [2.05, 4.69) is 26.9 Å². The standard InChI is InChI=1S/C29H33N3O3/c33-20-8-7-17-13-24-28-10-9-23-26(29(28,21(17)14-20)11-12-31(24)19-3-1-4-19)18(15-28)16-32(23)27(35)22-5-2-6-25(34)30-22/h2,5-8,14,18-19,23-24,26,33H,1,3-4,9-13,15-16H2,(H,30,34)/t18-,23?,24?,26?,28?,29?/m1/s1. The molecule has 5 unspecified atom stereocenters. The lowest BCUT2D eigenvalue weighted by molar-refractivity contribution is -0.122. The number of hydrogen-bond acceptors (Lipinski definition) is 4. The topological polar surface area (TPSA) is 76.6 Å². The number of aromatic amines is 1. The number of pyridine rings is 1. The summed E-state index contributed by atoms with van der Waals surface area (Å²) >= 11 is 0. The summed E-state index contributed by atoms with van der Waals surface area (Å²) < 4.78 is 0. The summed E-state index contributed by atoms with van der Waals surface area (Å²) in [4.78, 5) is 33.3. The van der Waals surface area contributed by atoms with Gasteiger partial charge in [-0.3, -0.25) is 14.5 Å². The highest BCUT2D eigenvalue weighted by molar-refractivity contribution is 5.92. The van der Waals surface area contributed by atoms with Crippen LogP contribution in [0.15, 0.2) is 41.2 Å². The summed E-state index contributed by atoms with van der Waals surface area (Å²) in [7, 11) is 0. The average molecular weight is 472 g/mol. The minimum absolute atomic E-state index is 0.0265. The molecule has 4 bridgehead atoms. The van der Waals surface area contributed by atoms with Crippen molar-refractivity contribution in [3.05, 3.63) is 63.6 Å². The Morgan fingerprint density at radius 1 is 1.11 bits per heavy atom. The van der Waals surface area contributed by atoms with E-state index in [9.17, 15) is 14.7 Å². The maximum atomic E-state index is 13.6. The molecular weight excluding hydrogens is 438 g/mol. The highest BCUT2D eigenvalue weighted by Crippen LogP contribution is 2.75. The molecule has 4 aliphatic carbocycles. The molecule has 2 aromatic rings. The molecule has 0 spiro atoms. The Bertz CT molecular complexity index is 1300. The molecular formula is C29H33N3O3. The predicted molar refractivity (Wildman–Crippen MR) is 131 cm³/mol. The summed E-state index contributed by atoms with van der Waals surface area (Å²) in [5, 5.41) is 10.6. The van der Waals surface area contributed by atoms with Gasteiger partial charge in [-0.1, -0.05) is 18.6 Å². The van der Waals surface area contributed by atoms with E-state index in [0.29, 0.717) is 29.3 Å². The number of carbonyl (C=O) groups excluding carboxylic acids is 1. The fraction of sp³-hybridized carbons (Fsp3) is 0.586. The van der Waals surface area contributed by atoms with Gasteiger partial charge in [0.1, 0.15) is 11.4 Å². The molecule has 2 N–H and O–H groups in total. The molecule has 6 aliphatic rings. The fourth-order valence-electron chi connectivity index (χ4n) is 10.2. The number of hydrogen-bond donors (Lipinski definition) is 2. The Hall–Kier alpha value is -2.60. The normalized spacial score (nSPS) is 39.1. The van der Waals surface area contributed by atoms with Crippen LogP contribution in [0, 0.1) is 17.3 Å². The number of nitrogens with one attached hydrogen (secondary N) is 1. The molecule has 3 heterocycles. The number of phenolic OH excluding ortho intramolecular Hbond substituents is 1. The van der Waals surface area contributed by atoms with Gasteiger partial charge < -0.3 is 15.0 Å². The molecule has 6 atom stereocenters. The predicted octanol–water partition coefficient (Wildman–Crippen LogP) is 3.44. The van der Waals surface area contributed by atoms with E-state index in [1.807, 2.05) is 6.07 Å². The van der Waals surface area contributed by atoms with E-state index < -0.39 is 0 Å². The van der Waals surface area contributed by atoms with E-state index in [4.69, 9.17) is 0 Å². The Balaban J connectivity index is 1.26. The van der Waals surface area contributed by atoms with Crippen LogP contribution >= 0.6 is 0 Å². The number of benzene rings is 1. The average Bonchev–Trinajstić information content (AvgIpc) is 3.26. The summed E-state index contributed by atoms with van der Waals surface area (Å²) in [5.41, 5.74) is 3.29. The molecule has 8 rings (SSSR count). The molecule has 3 saturated carbocycles. The van der Waals surface area contributed by atoms with Gasteiger partial charge in [-0.15, -0.1) is 0 Å². The van der Waals surface area contributed by atoms with Crippen molar-refractivity contribution in [2.45, 2.75) is 74.9 Å². The zero-order valence-corrected chi connectivity index (χ0v) is 20.1. The van der Waals surface area contributed by atoms with E-state index in [0.717, 1.165) is 44.8 Å². The number of aromatic hydroxyl groups is 1. The number of H-pyrrole nitrogens is 1. The van der Waals surface area contributed by atoms with Gasteiger partial charge in [0.05, 0.1) is 0 Å². The van der Waals surface area contributed by atoms with Crippen molar-refractivity contribution in [1.82, 2.24) is 14.8 Å². The SMILES string of the molecule is O=C(c1cccc(=O)[nH]1)N1C[C@H]2CC34CCC1C2C31CCN(C2CCC2)C4Cc2ccc(O)cc21. The maximum absolute atomic E-state index is 13.6. The van der Waals surface area contributed by atoms with Crippen LogP contribution in [0.1, 0.15) is 66.6 Å². The van der Waals surface area contributed by atoms with Gasteiger partial charge in [-0.05, 0) is 98.1 Å². The minimum atomic E-state index is -0.223. The Labute approximate surface area is 205 Å². The highest BCUT2D eigenvalue weighted by Gasteiger charge is 2.76. The van der Waals surface area contributed by atoms with Crippen LogP contribution in [0.4, 0.5) is 0 Å².